The highest BCUT2D eigenvalue weighted by molar-refractivity contribution is 14.0. The SMILES string of the molecule is CCC(CC)c1cc(CNC(=NC)NCC(Cc2ccccc2)N(C)C)on1.I. The quantitative estimate of drug-likeness (QED) is 0.285. The first kappa shape index (κ1) is 25.4. The zero-order valence-electron chi connectivity index (χ0n) is 18.3. The summed E-state index contributed by atoms with van der Waals surface area (Å²) < 4.78 is 5.48. The van der Waals surface area contributed by atoms with Crippen molar-refractivity contribution in [2.24, 2.45) is 4.99 Å². The zero-order chi connectivity index (χ0) is 20.4. The molecular weight excluding hydrogens is 477 g/mol. The Hall–Kier alpha value is -1.61. The molecule has 0 amide bonds. The largest absolute Gasteiger partial charge is 0.359 e. The van der Waals surface area contributed by atoms with Crippen LogP contribution in [0.15, 0.2) is 45.9 Å². The summed E-state index contributed by atoms with van der Waals surface area (Å²) in [6.45, 7) is 5.74. The number of guanidine groups is 1. The van der Waals surface area contributed by atoms with Crippen LogP contribution in [0.3, 0.4) is 0 Å². The van der Waals surface area contributed by atoms with Gasteiger partial charge in [0.2, 0.25) is 0 Å². The van der Waals surface area contributed by atoms with Gasteiger partial charge in [0.05, 0.1) is 12.2 Å². The van der Waals surface area contributed by atoms with Gasteiger partial charge < -0.3 is 20.1 Å². The van der Waals surface area contributed by atoms with Crippen molar-refractivity contribution in [1.82, 2.24) is 20.7 Å². The van der Waals surface area contributed by atoms with Crippen LogP contribution in [0.1, 0.15) is 49.6 Å². The average Bonchev–Trinajstić information content (AvgIpc) is 3.17. The molecule has 1 atom stereocenters. The zero-order valence-corrected chi connectivity index (χ0v) is 20.6. The van der Waals surface area contributed by atoms with Gasteiger partial charge in [0.15, 0.2) is 11.7 Å². The highest BCUT2D eigenvalue weighted by Gasteiger charge is 2.15. The van der Waals surface area contributed by atoms with Gasteiger partial charge in [-0.3, -0.25) is 4.99 Å². The number of benzene rings is 1. The fourth-order valence-electron chi connectivity index (χ4n) is 3.24. The van der Waals surface area contributed by atoms with Crippen LogP contribution in [-0.4, -0.2) is 49.7 Å². The van der Waals surface area contributed by atoms with E-state index in [1.54, 1.807) is 7.05 Å². The van der Waals surface area contributed by atoms with E-state index in [1.807, 2.05) is 0 Å². The molecule has 162 valence electrons. The van der Waals surface area contributed by atoms with Crippen molar-refractivity contribution in [3.8, 4) is 0 Å². The minimum atomic E-state index is 0. The van der Waals surface area contributed by atoms with E-state index in [1.165, 1.54) is 5.56 Å². The maximum absolute atomic E-state index is 5.48. The van der Waals surface area contributed by atoms with Gasteiger partial charge in [-0.25, -0.2) is 0 Å². The van der Waals surface area contributed by atoms with Crippen LogP contribution in [0.2, 0.25) is 0 Å². The maximum Gasteiger partial charge on any atom is 0.191 e. The highest BCUT2D eigenvalue weighted by atomic mass is 127. The second kappa shape index (κ2) is 13.6. The Morgan fingerprint density at radius 1 is 1.14 bits per heavy atom. The number of aromatic nitrogens is 1. The first-order chi connectivity index (χ1) is 13.6. The summed E-state index contributed by atoms with van der Waals surface area (Å²) in [7, 11) is 6.01. The van der Waals surface area contributed by atoms with Crippen LogP contribution >= 0.6 is 24.0 Å². The number of hydrogen-bond acceptors (Lipinski definition) is 4. The van der Waals surface area contributed by atoms with Gasteiger partial charge in [-0.2, -0.15) is 0 Å². The van der Waals surface area contributed by atoms with E-state index in [0.29, 0.717) is 18.5 Å². The molecule has 1 aromatic carbocycles. The van der Waals surface area contributed by atoms with E-state index in [4.69, 9.17) is 4.52 Å². The van der Waals surface area contributed by atoms with E-state index < -0.39 is 0 Å². The van der Waals surface area contributed by atoms with Gasteiger partial charge in [0, 0.05) is 31.6 Å². The Morgan fingerprint density at radius 2 is 1.83 bits per heavy atom. The molecule has 0 saturated heterocycles. The number of nitrogens with one attached hydrogen (secondary N) is 2. The van der Waals surface area contributed by atoms with Crippen LogP contribution in [-0.2, 0) is 13.0 Å². The summed E-state index contributed by atoms with van der Waals surface area (Å²) in [6.07, 6.45) is 3.14. The van der Waals surface area contributed by atoms with Gasteiger partial charge in [0.25, 0.3) is 0 Å². The topological polar surface area (TPSA) is 65.7 Å². The molecule has 0 fully saturated rings. The summed E-state index contributed by atoms with van der Waals surface area (Å²) in [5.41, 5.74) is 2.38. The summed E-state index contributed by atoms with van der Waals surface area (Å²) in [6, 6.07) is 13.0. The second-order valence-corrected chi connectivity index (χ2v) is 7.35. The monoisotopic (exact) mass is 513 g/mol. The predicted molar refractivity (Wildman–Crippen MR) is 131 cm³/mol. The molecule has 2 rings (SSSR count). The van der Waals surface area contributed by atoms with E-state index in [2.05, 4.69) is 90.0 Å². The first-order valence-electron chi connectivity index (χ1n) is 10.2. The lowest BCUT2D eigenvalue weighted by Crippen LogP contribution is -2.45. The molecule has 7 heteroatoms. The predicted octanol–water partition coefficient (Wildman–Crippen LogP) is 4.03. The molecule has 0 spiro atoms. The lowest BCUT2D eigenvalue weighted by Gasteiger charge is -2.25. The number of hydrogen-bond donors (Lipinski definition) is 2. The molecule has 0 bridgehead atoms. The van der Waals surface area contributed by atoms with Crippen molar-refractivity contribution in [2.45, 2.75) is 51.6 Å². The van der Waals surface area contributed by atoms with Crippen LogP contribution in [0.25, 0.3) is 0 Å². The van der Waals surface area contributed by atoms with Gasteiger partial charge in [-0.1, -0.05) is 49.3 Å². The molecule has 0 aliphatic carbocycles. The van der Waals surface area contributed by atoms with Crippen molar-refractivity contribution < 1.29 is 4.52 Å². The van der Waals surface area contributed by atoms with Crippen molar-refractivity contribution in [2.75, 3.05) is 27.7 Å². The van der Waals surface area contributed by atoms with Crippen molar-refractivity contribution in [3.05, 3.63) is 53.4 Å². The molecule has 2 N–H and O–H groups in total. The van der Waals surface area contributed by atoms with Gasteiger partial charge in [0.1, 0.15) is 0 Å². The van der Waals surface area contributed by atoms with Gasteiger partial charge >= 0.3 is 0 Å². The van der Waals surface area contributed by atoms with E-state index in [0.717, 1.165) is 43.2 Å². The first-order valence-corrected chi connectivity index (χ1v) is 10.2. The number of likely N-dealkylation sites (N-methyl/N-ethyl adjacent to an activating group) is 1. The van der Waals surface area contributed by atoms with Crippen LogP contribution in [0, 0.1) is 0 Å². The third kappa shape index (κ3) is 8.34. The standard InChI is InChI=1S/C22H35N5O.HI/c1-6-18(7-2)21-14-20(28-26-21)16-25-22(23-3)24-15-19(27(4)5)13-17-11-9-8-10-12-17;/h8-12,14,18-19H,6-7,13,15-16H2,1-5H3,(H2,23,24,25);1H. The van der Waals surface area contributed by atoms with Crippen molar-refractivity contribution in [1.29, 1.82) is 0 Å². The molecule has 2 aromatic rings. The highest BCUT2D eigenvalue weighted by Crippen LogP contribution is 2.22. The van der Waals surface area contributed by atoms with Crippen molar-refractivity contribution in [3.63, 3.8) is 0 Å². The second-order valence-electron chi connectivity index (χ2n) is 7.35. The number of nitrogens with zero attached hydrogens (tertiary/aromatic N) is 3. The Kier molecular flexibility index (Phi) is 11.9. The lowest BCUT2D eigenvalue weighted by molar-refractivity contribution is 0.290. The molecule has 1 unspecified atom stereocenters. The van der Waals surface area contributed by atoms with Crippen LogP contribution in [0.4, 0.5) is 0 Å². The van der Waals surface area contributed by atoms with Crippen LogP contribution in [0.5, 0.6) is 0 Å². The molecule has 0 radical (unpaired) electrons. The Labute approximate surface area is 192 Å². The molecule has 0 aliphatic heterocycles. The van der Waals surface area contributed by atoms with E-state index >= 15 is 0 Å². The van der Waals surface area contributed by atoms with Crippen molar-refractivity contribution >= 4 is 29.9 Å². The fourth-order valence-corrected chi connectivity index (χ4v) is 3.24. The number of halogens is 1. The number of rotatable bonds is 10. The summed E-state index contributed by atoms with van der Waals surface area (Å²) >= 11 is 0. The summed E-state index contributed by atoms with van der Waals surface area (Å²) in [5, 5.41) is 11.0. The number of aliphatic imine (C=N–C) groups is 1. The molecule has 0 saturated carbocycles. The van der Waals surface area contributed by atoms with Crippen LogP contribution < -0.4 is 10.6 Å². The minimum Gasteiger partial charge on any atom is -0.359 e. The molecular formula is C22H36IN5O. The summed E-state index contributed by atoms with van der Waals surface area (Å²) in [4.78, 5) is 6.57. The Morgan fingerprint density at radius 3 is 2.41 bits per heavy atom. The third-order valence-corrected chi connectivity index (χ3v) is 5.18. The Balaban J connectivity index is 0.00000420. The average molecular weight is 513 g/mol. The Bertz CT molecular complexity index is 713. The molecule has 6 nitrogen and oxygen atoms in total. The van der Waals surface area contributed by atoms with E-state index in [-0.39, 0.29) is 24.0 Å². The third-order valence-electron chi connectivity index (χ3n) is 5.18. The fraction of sp³-hybridized carbons (Fsp3) is 0.545. The molecule has 0 aliphatic rings. The summed E-state index contributed by atoms with van der Waals surface area (Å²) in [5.74, 6) is 2.06. The lowest BCUT2D eigenvalue weighted by atomic mass is 9.99. The molecule has 1 heterocycles. The molecule has 29 heavy (non-hydrogen) atoms. The van der Waals surface area contributed by atoms with Gasteiger partial charge in [-0.05, 0) is 38.9 Å². The minimum absolute atomic E-state index is 0. The smallest absolute Gasteiger partial charge is 0.191 e. The molecule has 1 aromatic heterocycles. The van der Waals surface area contributed by atoms with E-state index in [9.17, 15) is 0 Å². The van der Waals surface area contributed by atoms with Gasteiger partial charge in [-0.15, -0.1) is 24.0 Å². The normalized spacial score (nSPS) is 12.7. The maximum atomic E-state index is 5.48.